The molecule has 0 aromatic heterocycles. The number of nitrogen functional groups attached to an aromatic ring is 1. The zero-order valence-electron chi connectivity index (χ0n) is 17.6. The first-order valence-electron chi connectivity index (χ1n) is 9.64. The van der Waals surface area contributed by atoms with Gasteiger partial charge in [0.15, 0.2) is 0 Å². The van der Waals surface area contributed by atoms with E-state index in [-0.39, 0.29) is 18.8 Å². The molecule has 0 heterocycles. The van der Waals surface area contributed by atoms with Gasteiger partial charge in [-0.15, -0.1) is 0 Å². The second kappa shape index (κ2) is 11.7. The van der Waals surface area contributed by atoms with Crippen molar-refractivity contribution in [3.05, 3.63) is 29.3 Å². The number of hydrogen-bond acceptors (Lipinski definition) is 7. The van der Waals surface area contributed by atoms with Gasteiger partial charge in [-0.25, -0.2) is 0 Å². The maximum absolute atomic E-state index is 13.9. The minimum atomic E-state index is -3.41. The molecule has 1 aromatic carbocycles. The van der Waals surface area contributed by atoms with E-state index in [1.807, 2.05) is 39.0 Å². The summed E-state index contributed by atoms with van der Waals surface area (Å²) in [5, 5.41) is 3.04. The lowest BCUT2D eigenvalue weighted by Gasteiger charge is -2.38. The highest BCUT2D eigenvalue weighted by Crippen LogP contribution is 2.60. The van der Waals surface area contributed by atoms with Gasteiger partial charge in [-0.05, 0) is 64.3 Å². The third kappa shape index (κ3) is 6.71. The Bertz CT molecular complexity index is 668. The molecular weight excluding hydrogens is 378 g/mol. The summed E-state index contributed by atoms with van der Waals surface area (Å²) in [6.45, 7) is 9.99. The van der Waals surface area contributed by atoms with E-state index in [0.29, 0.717) is 31.5 Å². The SMILES string of the molecule is CCOC(C)(OCC)P(=O)(C[C@@H](Cc1cc(N)ccc1C)N[B]C=O)OCC. The first-order valence-corrected chi connectivity index (χ1v) is 11.5. The van der Waals surface area contributed by atoms with Crippen LogP contribution in [0, 0.1) is 6.92 Å². The van der Waals surface area contributed by atoms with E-state index in [1.165, 1.54) is 7.41 Å². The molecule has 0 aliphatic carbocycles. The predicted molar refractivity (Wildman–Crippen MR) is 114 cm³/mol. The van der Waals surface area contributed by atoms with Crippen LogP contribution in [0.25, 0.3) is 0 Å². The second-order valence-corrected chi connectivity index (χ2v) is 9.38. The quantitative estimate of drug-likeness (QED) is 0.160. The average molecular weight is 411 g/mol. The Balaban J connectivity index is 3.21. The Morgan fingerprint density at radius 3 is 2.43 bits per heavy atom. The fourth-order valence-electron chi connectivity index (χ4n) is 3.14. The topological polar surface area (TPSA) is 99.9 Å². The normalized spacial score (nSPS) is 15.0. The van der Waals surface area contributed by atoms with Crippen molar-refractivity contribution in [3.8, 4) is 0 Å². The third-order valence-corrected chi connectivity index (χ3v) is 7.57. The summed E-state index contributed by atoms with van der Waals surface area (Å²) < 4.78 is 31.1. The molecule has 3 N–H and O–H groups in total. The molecule has 157 valence electrons. The maximum Gasteiger partial charge on any atom is 0.290 e. The first kappa shape index (κ1) is 24.9. The van der Waals surface area contributed by atoms with Crippen molar-refractivity contribution in [2.75, 3.05) is 31.7 Å². The number of ether oxygens (including phenoxy) is 2. The summed E-state index contributed by atoms with van der Waals surface area (Å²) in [7, 11) is -2.10. The Labute approximate surface area is 169 Å². The minimum absolute atomic E-state index is 0.135. The van der Waals surface area contributed by atoms with E-state index in [4.69, 9.17) is 19.7 Å². The van der Waals surface area contributed by atoms with E-state index in [9.17, 15) is 9.36 Å². The van der Waals surface area contributed by atoms with Gasteiger partial charge in [-0.2, -0.15) is 0 Å². The number of nitrogens with one attached hydrogen (secondary N) is 1. The molecule has 0 amide bonds. The van der Waals surface area contributed by atoms with E-state index >= 15 is 0 Å². The fraction of sp³-hybridized carbons (Fsp3) is 0.632. The Hall–Kier alpha value is -1.18. The zero-order chi connectivity index (χ0) is 21.2. The van der Waals surface area contributed by atoms with Crippen molar-refractivity contribution >= 4 is 26.7 Å². The Morgan fingerprint density at radius 1 is 1.25 bits per heavy atom. The highest BCUT2D eigenvalue weighted by atomic mass is 31.2. The highest BCUT2D eigenvalue weighted by Gasteiger charge is 2.48. The molecular formula is C19H33BN2O5P. The van der Waals surface area contributed by atoms with E-state index in [0.717, 1.165) is 11.1 Å². The fourth-order valence-corrected chi connectivity index (χ4v) is 5.69. The standard InChI is InChI=1S/C19H33BN2O5P/c1-6-25-19(5,26-7-2)28(24,27-8-3)13-18(22-20-14-23)12-16-11-17(21)10-9-15(16)4/h9-11,14,18,22H,6-8,12-13,21H2,1-5H3/t18-,28?/m1/s1. The largest absolute Gasteiger partial charge is 0.399 e. The van der Waals surface area contributed by atoms with E-state index < -0.39 is 12.9 Å². The van der Waals surface area contributed by atoms with Crippen molar-refractivity contribution < 1.29 is 23.4 Å². The molecule has 0 aliphatic rings. The average Bonchev–Trinajstić information content (AvgIpc) is 2.63. The summed E-state index contributed by atoms with van der Waals surface area (Å²) >= 11 is 0. The number of carbonyl (C=O) groups excluding carboxylic acids is 1. The summed E-state index contributed by atoms with van der Waals surface area (Å²) in [5.74, 6) is 0. The van der Waals surface area contributed by atoms with Crippen LogP contribution < -0.4 is 11.0 Å². The van der Waals surface area contributed by atoms with Gasteiger partial charge < -0.3 is 29.8 Å². The predicted octanol–water partition coefficient (Wildman–Crippen LogP) is 2.95. The van der Waals surface area contributed by atoms with Crippen LogP contribution in [0.2, 0.25) is 0 Å². The highest BCUT2D eigenvalue weighted by molar-refractivity contribution is 7.60. The van der Waals surface area contributed by atoms with Gasteiger partial charge in [0.25, 0.3) is 14.8 Å². The van der Waals surface area contributed by atoms with Crippen molar-refractivity contribution in [2.24, 2.45) is 0 Å². The lowest BCUT2D eigenvalue weighted by Crippen LogP contribution is -2.43. The maximum atomic E-state index is 13.9. The van der Waals surface area contributed by atoms with E-state index in [1.54, 1.807) is 13.8 Å². The monoisotopic (exact) mass is 411 g/mol. The number of rotatable bonds is 14. The van der Waals surface area contributed by atoms with Gasteiger partial charge in [0.1, 0.15) is 0 Å². The molecule has 1 unspecified atom stereocenters. The number of anilines is 1. The number of hydrogen-bond donors (Lipinski definition) is 2. The van der Waals surface area contributed by atoms with Crippen LogP contribution in [0.4, 0.5) is 5.69 Å². The van der Waals surface area contributed by atoms with Crippen LogP contribution in [-0.2, 0) is 29.8 Å². The molecule has 0 saturated heterocycles. The zero-order valence-corrected chi connectivity index (χ0v) is 18.5. The van der Waals surface area contributed by atoms with Gasteiger partial charge in [0, 0.05) is 31.1 Å². The van der Waals surface area contributed by atoms with Gasteiger partial charge in [0.2, 0.25) is 5.53 Å². The van der Waals surface area contributed by atoms with Crippen molar-refractivity contribution in [2.45, 2.75) is 52.6 Å². The lowest BCUT2D eigenvalue weighted by atomic mass is 9.93. The lowest BCUT2D eigenvalue weighted by molar-refractivity contribution is -0.168. The molecule has 0 aliphatic heterocycles. The summed E-state index contributed by atoms with van der Waals surface area (Å²) in [6.07, 6.45) is 1.32. The van der Waals surface area contributed by atoms with Crippen LogP contribution >= 0.6 is 7.37 Å². The molecule has 1 aromatic rings. The number of benzene rings is 1. The molecule has 28 heavy (non-hydrogen) atoms. The summed E-state index contributed by atoms with van der Waals surface area (Å²) in [5.41, 5.74) is 7.29. The van der Waals surface area contributed by atoms with Crippen LogP contribution in [0.1, 0.15) is 38.8 Å². The second-order valence-electron chi connectivity index (χ2n) is 6.59. The Kier molecular flexibility index (Phi) is 10.4. The van der Waals surface area contributed by atoms with Crippen LogP contribution in [-0.4, -0.2) is 51.2 Å². The van der Waals surface area contributed by atoms with Crippen molar-refractivity contribution in [1.82, 2.24) is 5.23 Å². The van der Waals surface area contributed by atoms with Gasteiger partial charge in [0.05, 0.1) is 12.8 Å². The third-order valence-electron chi connectivity index (χ3n) is 4.48. The number of carbonyl (C=O) groups is 1. The van der Waals surface area contributed by atoms with Crippen molar-refractivity contribution in [1.29, 1.82) is 0 Å². The molecule has 7 nitrogen and oxygen atoms in total. The molecule has 0 fully saturated rings. The first-order chi connectivity index (χ1) is 13.2. The molecule has 0 bridgehead atoms. The Morgan fingerprint density at radius 2 is 1.89 bits per heavy atom. The molecule has 2 atom stereocenters. The smallest absolute Gasteiger partial charge is 0.290 e. The van der Waals surface area contributed by atoms with Crippen LogP contribution in [0.15, 0.2) is 18.2 Å². The van der Waals surface area contributed by atoms with Gasteiger partial charge in [-0.1, -0.05) is 6.07 Å². The van der Waals surface area contributed by atoms with Gasteiger partial charge in [-0.3, -0.25) is 4.57 Å². The van der Waals surface area contributed by atoms with Crippen LogP contribution in [0.3, 0.4) is 0 Å². The number of nitrogens with two attached hydrogens (primary N) is 1. The molecule has 0 spiro atoms. The molecule has 9 heteroatoms. The van der Waals surface area contributed by atoms with Gasteiger partial charge >= 0.3 is 0 Å². The number of aryl methyl sites for hydroxylation is 1. The van der Waals surface area contributed by atoms with Crippen molar-refractivity contribution in [3.63, 3.8) is 0 Å². The summed E-state index contributed by atoms with van der Waals surface area (Å²) in [4.78, 5) is 10.9. The molecule has 1 radical (unpaired) electrons. The van der Waals surface area contributed by atoms with E-state index in [2.05, 4.69) is 5.23 Å². The minimum Gasteiger partial charge on any atom is -0.399 e. The molecule has 1 rings (SSSR count). The molecule has 0 saturated carbocycles. The van der Waals surface area contributed by atoms with Crippen LogP contribution in [0.5, 0.6) is 0 Å². The summed E-state index contributed by atoms with van der Waals surface area (Å²) in [6, 6.07) is 5.34.